The second-order valence-corrected chi connectivity index (χ2v) is 4.60. The SMILES string of the molecule is CCNC(=O)NC1C(c2cncnc2)CC(O)C1O. The lowest BCUT2D eigenvalue weighted by Crippen LogP contribution is -2.49. The van der Waals surface area contributed by atoms with E-state index >= 15 is 0 Å². The molecule has 0 aromatic carbocycles. The van der Waals surface area contributed by atoms with Crippen LogP contribution in [0, 0.1) is 0 Å². The van der Waals surface area contributed by atoms with Crippen LogP contribution >= 0.6 is 0 Å². The molecule has 1 aromatic rings. The molecule has 2 amide bonds. The number of carbonyl (C=O) groups excluding carboxylic acids is 1. The summed E-state index contributed by atoms with van der Waals surface area (Å²) in [5, 5.41) is 25.1. The number of aliphatic hydroxyl groups excluding tert-OH is 2. The fourth-order valence-corrected chi connectivity index (χ4v) is 2.42. The van der Waals surface area contributed by atoms with Crippen LogP contribution in [0.2, 0.25) is 0 Å². The van der Waals surface area contributed by atoms with Crippen LogP contribution in [-0.4, -0.2) is 51.0 Å². The van der Waals surface area contributed by atoms with E-state index in [1.54, 1.807) is 12.4 Å². The number of amides is 2. The summed E-state index contributed by atoms with van der Waals surface area (Å²) in [6.45, 7) is 2.30. The van der Waals surface area contributed by atoms with Crippen LogP contribution in [0.25, 0.3) is 0 Å². The van der Waals surface area contributed by atoms with Crippen LogP contribution in [0.1, 0.15) is 24.8 Å². The zero-order valence-electron chi connectivity index (χ0n) is 10.7. The molecule has 0 aliphatic heterocycles. The van der Waals surface area contributed by atoms with Gasteiger partial charge in [-0.3, -0.25) is 0 Å². The van der Waals surface area contributed by atoms with Crippen LogP contribution in [0.3, 0.4) is 0 Å². The topological polar surface area (TPSA) is 107 Å². The highest BCUT2D eigenvalue weighted by Crippen LogP contribution is 2.34. The molecule has 1 aliphatic rings. The predicted octanol–water partition coefficient (Wildman–Crippen LogP) is -0.627. The minimum absolute atomic E-state index is 0.200. The van der Waals surface area contributed by atoms with E-state index in [2.05, 4.69) is 20.6 Å². The van der Waals surface area contributed by atoms with E-state index in [1.807, 2.05) is 6.92 Å². The van der Waals surface area contributed by atoms with Crippen LogP contribution in [-0.2, 0) is 0 Å². The summed E-state index contributed by atoms with van der Waals surface area (Å²) in [4.78, 5) is 19.4. The van der Waals surface area contributed by atoms with Crippen molar-refractivity contribution in [1.29, 1.82) is 0 Å². The third-order valence-corrected chi connectivity index (χ3v) is 3.33. The van der Waals surface area contributed by atoms with Gasteiger partial charge in [-0.1, -0.05) is 0 Å². The van der Waals surface area contributed by atoms with Gasteiger partial charge in [-0.25, -0.2) is 14.8 Å². The number of urea groups is 1. The van der Waals surface area contributed by atoms with Crippen molar-refractivity contribution < 1.29 is 15.0 Å². The molecule has 0 radical (unpaired) electrons. The highest BCUT2D eigenvalue weighted by atomic mass is 16.3. The lowest BCUT2D eigenvalue weighted by atomic mass is 9.96. The summed E-state index contributed by atoms with van der Waals surface area (Å²) in [6.07, 6.45) is 3.19. The van der Waals surface area contributed by atoms with Gasteiger partial charge in [0.1, 0.15) is 12.4 Å². The molecule has 1 fully saturated rings. The fraction of sp³-hybridized carbons (Fsp3) is 0.583. The number of aromatic nitrogens is 2. The summed E-state index contributed by atoms with van der Waals surface area (Å²) in [6, 6.07) is -0.907. The first-order chi connectivity index (χ1) is 9.13. The van der Waals surface area contributed by atoms with Crippen LogP contribution in [0.15, 0.2) is 18.7 Å². The molecular formula is C12H18N4O3. The molecule has 7 nitrogen and oxygen atoms in total. The Kier molecular flexibility index (Phi) is 4.28. The van der Waals surface area contributed by atoms with Gasteiger partial charge in [-0.15, -0.1) is 0 Å². The minimum Gasteiger partial charge on any atom is -0.390 e. The monoisotopic (exact) mass is 266 g/mol. The molecule has 1 heterocycles. The van der Waals surface area contributed by atoms with Crippen molar-refractivity contribution in [3.63, 3.8) is 0 Å². The molecule has 1 saturated carbocycles. The first-order valence-electron chi connectivity index (χ1n) is 6.29. The fourth-order valence-electron chi connectivity index (χ4n) is 2.42. The molecule has 1 aliphatic carbocycles. The molecule has 19 heavy (non-hydrogen) atoms. The van der Waals surface area contributed by atoms with Gasteiger partial charge >= 0.3 is 6.03 Å². The lowest BCUT2D eigenvalue weighted by Gasteiger charge is -2.23. The van der Waals surface area contributed by atoms with Crippen molar-refractivity contribution in [1.82, 2.24) is 20.6 Å². The van der Waals surface area contributed by atoms with E-state index in [9.17, 15) is 15.0 Å². The van der Waals surface area contributed by atoms with E-state index in [0.717, 1.165) is 5.56 Å². The maximum atomic E-state index is 11.6. The molecule has 0 saturated heterocycles. The second kappa shape index (κ2) is 5.94. The van der Waals surface area contributed by atoms with Crippen molar-refractivity contribution in [3.05, 3.63) is 24.3 Å². The third kappa shape index (κ3) is 2.99. The molecular weight excluding hydrogens is 248 g/mol. The van der Waals surface area contributed by atoms with Gasteiger partial charge in [0.15, 0.2) is 0 Å². The largest absolute Gasteiger partial charge is 0.390 e. The Morgan fingerprint density at radius 1 is 1.42 bits per heavy atom. The van der Waals surface area contributed by atoms with Crippen molar-refractivity contribution in [2.75, 3.05) is 6.54 Å². The van der Waals surface area contributed by atoms with E-state index in [-0.39, 0.29) is 11.9 Å². The molecule has 4 N–H and O–H groups in total. The Hall–Kier alpha value is -1.73. The van der Waals surface area contributed by atoms with Gasteiger partial charge in [-0.05, 0) is 18.9 Å². The zero-order valence-corrected chi connectivity index (χ0v) is 10.7. The van der Waals surface area contributed by atoms with Gasteiger partial charge in [0.2, 0.25) is 0 Å². The summed E-state index contributed by atoms with van der Waals surface area (Å²) in [5.74, 6) is -0.200. The van der Waals surface area contributed by atoms with Crippen molar-refractivity contribution in [2.45, 2.75) is 37.5 Å². The first-order valence-corrected chi connectivity index (χ1v) is 6.29. The van der Waals surface area contributed by atoms with Gasteiger partial charge in [0.05, 0.1) is 12.1 Å². The molecule has 104 valence electrons. The lowest BCUT2D eigenvalue weighted by molar-refractivity contribution is 0.0319. The van der Waals surface area contributed by atoms with E-state index < -0.39 is 18.2 Å². The summed E-state index contributed by atoms with van der Waals surface area (Å²) >= 11 is 0. The number of nitrogens with zero attached hydrogens (tertiary/aromatic N) is 2. The van der Waals surface area contributed by atoms with Gasteiger partial charge in [-0.2, -0.15) is 0 Å². The second-order valence-electron chi connectivity index (χ2n) is 4.60. The zero-order chi connectivity index (χ0) is 13.8. The maximum absolute atomic E-state index is 11.6. The van der Waals surface area contributed by atoms with E-state index in [0.29, 0.717) is 13.0 Å². The Morgan fingerprint density at radius 3 is 2.74 bits per heavy atom. The predicted molar refractivity (Wildman–Crippen MR) is 67.4 cm³/mol. The first kappa shape index (κ1) is 13.7. The summed E-state index contributed by atoms with van der Waals surface area (Å²) in [7, 11) is 0. The summed E-state index contributed by atoms with van der Waals surface area (Å²) in [5.41, 5.74) is 0.792. The van der Waals surface area contributed by atoms with Crippen LogP contribution in [0.4, 0.5) is 4.79 Å². The smallest absolute Gasteiger partial charge is 0.315 e. The normalized spacial score (nSPS) is 30.1. The van der Waals surface area contributed by atoms with Gasteiger partial charge in [0.25, 0.3) is 0 Å². The Balaban J connectivity index is 2.14. The maximum Gasteiger partial charge on any atom is 0.315 e. The molecule has 1 aromatic heterocycles. The number of nitrogens with one attached hydrogen (secondary N) is 2. The van der Waals surface area contributed by atoms with Gasteiger partial charge in [0, 0.05) is 24.9 Å². The van der Waals surface area contributed by atoms with Crippen molar-refractivity contribution in [2.24, 2.45) is 0 Å². The van der Waals surface area contributed by atoms with E-state index in [4.69, 9.17) is 0 Å². The van der Waals surface area contributed by atoms with Crippen LogP contribution < -0.4 is 10.6 Å². The van der Waals surface area contributed by atoms with Crippen LogP contribution in [0.5, 0.6) is 0 Å². The molecule has 4 unspecified atom stereocenters. The number of hydrogen-bond acceptors (Lipinski definition) is 5. The highest BCUT2D eigenvalue weighted by molar-refractivity contribution is 5.74. The Morgan fingerprint density at radius 2 is 2.11 bits per heavy atom. The quantitative estimate of drug-likeness (QED) is 0.583. The Labute approximate surface area is 111 Å². The van der Waals surface area contributed by atoms with Gasteiger partial charge < -0.3 is 20.8 Å². The molecule has 0 spiro atoms. The average Bonchev–Trinajstić information content (AvgIpc) is 2.68. The standard InChI is InChI=1S/C12H18N4O3/c1-2-15-12(19)16-10-8(3-9(17)11(10)18)7-4-13-6-14-5-7/h4-6,8-11,17-18H,2-3H2,1H3,(H2,15,16,19). The highest BCUT2D eigenvalue weighted by Gasteiger charge is 2.43. The number of aliphatic hydroxyl groups is 2. The molecule has 4 atom stereocenters. The number of carbonyl (C=O) groups is 1. The third-order valence-electron chi connectivity index (χ3n) is 3.33. The number of rotatable bonds is 3. The summed E-state index contributed by atoms with van der Waals surface area (Å²) < 4.78 is 0. The van der Waals surface area contributed by atoms with E-state index in [1.165, 1.54) is 6.33 Å². The van der Waals surface area contributed by atoms with Crippen molar-refractivity contribution in [3.8, 4) is 0 Å². The van der Waals surface area contributed by atoms with Crippen molar-refractivity contribution >= 4 is 6.03 Å². The number of hydrogen-bond donors (Lipinski definition) is 4. The molecule has 7 heteroatoms. The molecule has 2 rings (SSSR count). The minimum atomic E-state index is -0.993. The molecule has 0 bridgehead atoms. The Bertz CT molecular complexity index is 428. The average molecular weight is 266 g/mol.